The highest BCUT2D eigenvalue weighted by molar-refractivity contribution is 5.75. The zero-order valence-corrected chi connectivity index (χ0v) is 4.33. The van der Waals surface area contributed by atoms with Gasteiger partial charge in [-0.05, 0) is 12.1 Å². The lowest BCUT2D eigenvalue weighted by Gasteiger charge is -1.80. The van der Waals surface area contributed by atoms with Crippen molar-refractivity contribution in [3.63, 3.8) is 0 Å². The number of benzene rings is 1. The average molecular weight is 129 g/mol. The molecule has 0 atom stereocenters. The highest BCUT2D eigenvalue weighted by Crippen LogP contribution is 1.92. The molecule has 42 valence electrons. The average Bonchev–Trinajstić information content (AvgIpc) is 1.90. The molecule has 0 aromatic heterocycles. The van der Waals surface area contributed by atoms with Gasteiger partial charge in [0, 0.05) is 0 Å². The minimum atomic E-state index is 0. The number of hydrogen-bond donors (Lipinski definition) is 0. The van der Waals surface area contributed by atoms with Crippen LogP contribution < -0.4 is 0 Å². The quantitative estimate of drug-likeness (QED) is 0.472. The van der Waals surface area contributed by atoms with Crippen LogP contribution in [0, 0.1) is 11.3 Å². The van der Waals surface area contributed by atoms with Crippen LogP contribution in [0.3, 0.4) is 0 Å². The first-order valence-electron chi connectivity index (χ1n) is 2.38. The Balaban J connectivity index is 0.000000640. The minimum absolute atomic E-state index is 0. The maximum absolute atomic E-state index is 8.29. The Kier molecular flexibility index (Phi) is 4.11. The molecule has 1 aromatic rings. The molecule has 0 saturated heterocycles. The minimum Gasteiger partial charge on any atom is -0.192 e. The highest BCUT2D eigenvalue weighted by atomic mass is 24.3. The summed E-state index contributed by atoms with van der Waals surface area (Å²) >= 11 is 0. The first-order valence-corrected chi connectivity index (χ1v) is 2.38. The van der Waals surface area contributed by atoms with Crippen LogP contribution in [0.2, 0.25) is 0 Å². The molecule has 0 saturated carbocycles. The third-order valence-electron chi connectivity index (χ3n) is 0.903. The number of nitriles is 1. The molecule has 1 aromatic carbocycles. The second kappa shape index (κ2) is 4.36. The van der Waals surface area contributed by atoms with Gasteiger partial charge in [0.25, 0.3) is 0 Å². The molecule has 1 rings (SSSR count). The van der Waals surface area contributed by atoms with E-state index in [0.717, 1.165) is 0 Å². The maximum Gasteiger partial charge on any atom is 0.316 e. The summed E-state index contributed by atoms with van der Waals surface area (Å²) in [4.78, 5) is 0. The van der Waals surface area contributed by atoms with E-state index >= 15 is 0 Å². The van der Waals surface area contributed by atoms with Crippen LogP contribution in [0.4, 0.5) is 0 Å². The van der Waals surface area contributed by atoms with Gasteiger partial charge in [-0.15, -0.1) is 0 Å². The summed E-state index contributed by atoms with van der Waals surface area (Å²) < 4.78 is 0. The fraction of sp³-hybridized carbons (Fsp3) is 0. The molecule has 0 N–H and O–H groups in total. The largest absolute Gasteiger partial charge is 0.316 e. The Bertz CT molecular complexity index is 200. The van der Waals surface area contributed by atoms with E-state index in [0.29, 0.717) is 5.56 Å². The number of rotatable bonds is 0. The van der Waals surface area contributed by atoms with E-state index in [1.165, 1.54) is 0 Å². The van der Waals surface area contributed by atoms with Crippen LogP contribution in [0.1, 0.15) is 5.56 Å². The van der Waals surface area contributed by atoms with Gasteiger partial charge in [0.05, 0.1) is 11.6 Å². The van der Waals surface area contributed by atoms with Crippen LogP contribution in [0.15, 0.2) is 30.3 Å². The van der Waals surface area contributed by atoms with E-state index in [9.17, 15) is 0 Å². The van der Waals surface area contributed by atoms with Crippen molar-refractivity contribution in [2.45, 2.75) is 0 Å². The van der Waals surface area contributed by atoms with Gasteiger partial charge in [0.2, 0.25) is 0 Å². The second-order valence-electron chi connectivity index (χ2n) is 1.48. The monoisotopic (exact) mass is 129 g/mol. The van der Waals surface area contributed by atoms with Crippen molar-refractivity contribution in [1.82, 2.24) is 0 Å². The third-order valence-corrected chi connectivity index (χ3v) is 0.903. The van der Waals surface area contributed by atoms with Crippen LogP contribution in [-0.4, -0.2) is 23.1 Å². The van der Waals surface area contributed by atoms with Gasteiger partial charge in [0.1, 0.15) is 0 Å². The Morgan fingerprint density at radius 3 is 2.00 bits per heavy atom. The third kappa shape index (κ3) is 2.50. The molecule has 0 bridgehead atoms. The van der Waals surface area contributed by atoms with Crippen LogP contribution >= 0.6 is 0 Å². The molecule has 0 spiro atoms. The summed E-state index contributed by atoms with van der Waals surface area (Å²) in [7, 11) is 0. The summed E-state index contributed by atoms with van der Waals surface area (Å²) in [6.45, 7) is 0. The lowest BCUT2D eigenvalue weighted by Crippen LogP contribution is -1.66. The molecular weight excluding hydrogens is 122 g/mol. The van der Waals surface area contributed by atoms with Crippen molar-refractivity contribution in [1.29, 1.82) is 5.26 Å². The van der Waals surface area contributed by atoms with Gasteiger partial charge in [-0.25, -0.2) is 0 Å². The summed E-state index contributed by atoms with van der Waals surface area (Å²) in [6.07, 6.45) is 0. The topological polar surface area (TPSA) is 23.8 Å². The molecule has 0 aliphatic rings. The van der Waals surface area contributed by atoms with Gasteiger partial charge in [-0.3, -0.25) is 0 Å². The Morgan fingerprint density at radius 1 is 1.11 bits per heavy atom. The van der Waals surface area contributed by atoms with Crippen molar-refractivity contribution < 1.29 is 0 Å². The Hall–Kier alpha value is -0.524. The first-order chi connectivity index (χ1) is 3.93. The normalized spacial score (nSPS) is 7.00. The molecule has 0 aliphatic heterocycles. The van der Waals surface area contributed by atoms with Crippen molar-refractivity contribution in [2.24, 2.45) is 0 Å². The first kappa shape index (κ1) is 8.48. The van der Waals surface area contributed by atoms with Crippen molar-refractivity contribution in [3.8, 4) is 6.07 Å². The van der Waals surface area contributed by atoms with E-state index in [2.05, 4.69) is 0 Å². The summed E-state index contributed by atoms with van der Waals surface area (Å²) in [5, 5.41) is 8.29. The smallest absolute Gasteiger partial charge is 0.192 e. The fourth-order valence-corrected chi connectivity index (χ4v) is 0.513. The van der Waals surface area contributed by atoms with Crippen LogP contribution in [-0.2, 0) is 0 Å². The summed E-state index contributed by atoms with van der Waals surface area (Å²) in [6, 6.07) is 11.2. The highest BCUT2D eigenvalue weighted by Gasteiger charge is 1.79. The molecule has 9 heavy (non-hydrogen) atoms. The van der Waals surface area contributed by atoms with Gasteiger partial charge in [-0.2, -0.15) is 5.26 Å². The molecule has 0 unspecified atom stereocenters. The van der Waals surface area contributed by atoms with Gasteiger partial charge in [-0.1, -0.05) is 18.2 Å². The number of nitrogens with zero attached hydrogens (tertiary/aromatic N) is 1. The van der Waals surface area contributed by atoms with Crippen molar-refractivity contribution in [2.75, 3.05) is 0 Å². The van der Waals surface area contributed by atoms with Crippen molar-refractivity contribution >= 4 is 23.1 Å². The molecule has 0 amide bonds. The van der Waals surface area contributed by atoms with E-state index in [4.69, 9.17) is 5.26 Å². The molecule has 0 radical (unpaired) electrons. The van der Waals surface area contributed by atoms with E-state index in [-0.39, 0.29) is 23.1 Å². The second-order valence-corrected chi connectivity index (χ2v) is 1.48. The van der Waals surface area contributed by atoms with E-state index < -0.39 is 0 Å². The summed E-state index contributed by atoms with van der Waals surface area (Å²) in [5.74, 6) is 0. The molecular formula is C7H7MgN. The Labute approximate surface area is 70.5 Å². The molecule has 0 fully saturated rings. The van der Waals surface area contributed by atoms with Crippen molar-refractivity contribution in [3.05, 3.63) is 35.9 Å². The summed E-state index contributed by atoms with van der Waals surface area (Å²) in [5.41, 5.74) is 0.715. The van der Waals surface area contributed by atoms with Gasteiger partial charge < -0.3 is 0 Å². The lowest BCUT2D eigenvalue weighted by atomic mass is 10.2. The molecule has 0 aliphatic carbocycles. The van der Waals surface area contributed by atoms with Gasteiger partial charge in [0.15, 0.2) is 0 Å². The SMILES string of the molecule is N#Cc1ccccc1.[MgH2]. The van der Waals surface area contributed by atoms with Gasteiger partial charge >= 0.3 is 23.1 Å². The van der Waals surface area contributed by atoms with E-state index in [1.807, 2.05) is 24.3 Å². The zero-order chi connectivity index (χ0) is 5.82. The molecule has 2 heteroatoms. The Morgan fingerprint density at radius 2 is 1.67 bits per heavy atom. The standard InChI is InChI=1S/C7H5N.Mg.2H/c8-6-7-4-2-1-3-5-7;;;/h1-5H;;;. The predicted octanol–water partition coefficient (Wildman–Crippen LogP) is 0.642. The van der Waals surface area contributed by atoms with Crippen LogP contribution in [0.25, 0.3) is 0 Å². The predicted molar refractivity (Wildman–Crippen MR) is 39.7 cm³/mol. The fourth-order valence-electron chi connectivity index (χ4n) is 0.513. The number of hydrogen-bond acceptors (Lipinski definition) is 1. The lowest BCUT2D eigenvalue weighted by molar-refractivity contribution is 1.49. The molecule has 0 heterocycles. The zero-order valence-electron chi connectivity index (χ0n) is 4.33. The van der Waals surface area contributed by atoms with E-state index in [1.54, 1.807) is 12.1 Å². The maximum atomic E-state index is 8.29. The van der Waals surface area contributed by atoms with Crippen LogP contribution in [0.5, 0.6) is 0 Å². The molecule has 1 nitrogen and oxygen atoms in total.